The van der Waals surface area contributed by atoms with Gasteiger partial charge in [-0.3, -0.25) is 3.97 Å². The van der Waals surface area contributed by atoms with Crippen LogP contribution in [0.15, 0.2) is 41.4 Å². The lowest BCUT2D eigenvalue weighted by Crippen LogP contribution is -2.35. The number of alkyl halides is 3. The van der Waals surface area contributed by atoms with Gasteiger partial charge in [-0.2, -0.15) is 13.2 Å². The van der Waals surface area contributed by atoms with Crippen molar-refractivity contribution in [1.29, 1.82) is 0 Å². The monoisotopic (exact) mass is 526 g/mol. The molecule has 0 radical (unpaired) electrons. The standard InChI is InChI=1S/C18H15F4IN2S2/c1-10-8-13(12-6-7-25(27-23)16(12)24-10)14-9-11(4-5-15(14)19)26-17(2,3)18(20,21)22/h4-9H,1-3H3. The Hall–Kier alpha value is -0.940. The van der Waals surface area contributed by atoms with Crippen LogP contribution in [0.5, 0.6) is 0 Å². The Morgan fingerprint density at radius 3 is 2.41 bits per heavy atom. The first-order chi connectivity index (χ1) is 12.5. The predicted octanol–water partition coefficient (Wildman–Crippen LogP) is 7.43. The molecule has 0 saturated heterocycles. The zero-order chi connectivity index (χ0) is 20.0. The van der Waals surface area contributed by atoms with E-state index in [1.165, 1.54) is 27.3 Å². The van der Waals surface area contributed by atoms with Crippen LogP contribution in [0.2, 0.25) is 0 Å². The molecular formula is C18H15F4IN2S2. The zero-order valence-corrected chi connectivity index (χ0v) is 18.4. The summed E-state index contributed by atoms with van der Waals surface area (Å²) >= 11 is 2.80. The summed E-state index contributed by atoms with van der Waals surface area (Å²) in [5.41, 5.74) is 2.28. The number of aryl methyl sites for hydroxylation is 1. The molecule has 27 heavy (non-hydrogen) atoms. The van der Waals surface area contributed by atoms with Crippen molar-refractivity contribution in [2.75, 3.05) is 0 Å². The summed E-state index contributed by atoms with van der Waals surface area (Å²) < 4.78 is 54.1. The van der Waals surface area contributed by atoms with E-state index in [4.69, 9.17) is 0 Å². The number of aromatic nitrogens is 2. The van der Waals surface area contributed by atoms with Crippen molar-refractivity contribution in [3.05, 3.63) is 48.0 Å². The minimum absolute atomic E-state index is 0.268. The molecule has 0 unspecified atom stereocenters. The van der Waals surface area contributed by atoms with Gasteiger partial charge < -0.3 is 0 Å². The Bertz CT molecular complexity index is 999. The lowest BCUT2D eigenvalue weighted by atomic mass is 10.0. The van der Waals surface area contributed by atoms with Gasteiger partial charge in [-0.1, -0.05) is 0 Å². The van der Waals surface area contributed by atoms with Crippen molar-refractivity contribution in [2.24, 2.45) is 0 Å². The molecule has 0 N–H and O–H groups in total. The van der Waals surface area contributed by atoms with Gasteiger partial charge in [-0.15, -0.1) is 11.8 Å². The fourth-order valence-electron chi connectivity index (χ4n) is 2.62. The third-order valence-corrected chi connectivity index (χ3v) is 7.06. The number of benzene rings is 1. The van der Waals surface area contributed by atoms with E-state index in [0.29, 0.717) is 33.6 Å². The van der Waals surface area contributed by atoms with Crippen molar-refractivity contribution in [3.8, 4) is 11.1 Å². The summed E-state index contributed by atoms with van der Waals surface area (Å²) in [6, 6.07) is 7.67. The van der Waals surface area contributed by atoms with E-state index < -0.39 is 16.7 Å². The first-order valence-electron chi connectivity index (χ1n) is 7.87. The van der Waals surface area contributed by atoms with E-state index in [1.54, 1.807) is 13.0 Å². The Morgan fingerprint density at radius 2 is 1.78 bits per heavy atom. The number of fused-ring (bicyclic) bond motifs is 1. The number of halogens is 5. The summed E-state index contributed by atoms with van der Waals surface area (Å²) in [4.78, 5) is 4.86. The molecule has 0 aliphatic carbocycles. The largest absolute Gasteiger partial charge is 0.403 e. The third kappa shape index (κ3) is 4.09. The topological polar surface area (TPSA) is 17.8 Å². The summed E-state index contributed by atoms with van der Waals surface area (Å²) in [5.74, 6) is -0.481. The normalized spacial score (nSPS) is 12.7. The molecule has 0 amide bonds. The quantitative estimate of drug-likeness (QED) is 0.200. The molecule has 0 bridgehead atoms. The average molecular weight is 526 g/mol. The van der Waals surface area contributed by atoms with Crippen LogP contribution in [0.25, 0.3) is 22.2 Å². The second kappa shape index (κ2) is 7.47. The number of nitrogens with zero attached hydrogens (tertiary/aromatic N) is 2. The van der Waals surface area contributed by atoms with Gasteiger partial charge in [0.05, 0.1) is 0 Å². The van der Waals surface area contributed by atoms with Crippen LogP contribution in [-0.4, -0.2) is 19.9 Å². The highest BCUT2D eigenvalue weighted by atomic mass is 127. The molecule has 2 heterocycles. The van der Waals surface area contributed by atoms with Gasteiger partial charge in [0.2, 0.25) is 0 Å². The van der Waals surface area contributed by atoms with E-state index in [1.807, 2.05) is 16.2 Å². The lowest BCUT2D eigenvalue weighted by Gasteiger charge is -2.27. The summed E-state index contributed by atoms with van der Waals surface area (Å²) in [6.45, 7) is 4.04. The molecule has 3 rings (SSSR count). The highest BCUT2D eigenvalue weighted by Gasteiger charge is 2.48. The zero-order valence-electron chi connectivity index (χ0n) is 14.6. The highest BCUT2D eigenvalue weighted by molar-refractivity contribution is 14.2. The van der Waals surface area contributed by atoms with Gasteiger partial charge in [0.15, 0.2) is 5.65 Å². The molecular weight excluding hydrogens is 511 g/mol. The van der Waals surface area contributed by atoms with Gasteiger partial charge in [0, 0.05) is 58.1 Å². The first kappa shape index (κ1) is 20.8. The first-order valence-corrected chi connectivity index (χ1v) is 12.0. The Balaban J connectivity index is 2.13. The molecule has 9 heteroatoms. The van der Waals surface area contributed by atoms with Crippen LogP contribution in [0.3, 0.4) is 0 Å². The Kier molecular flexibility index (Phi) is 5.75. The maximum absolute atomic E-state index is 14.6. The number of rotatable bonds is 4. The molecule has 0 saturated carbocycles. The van der Waals surface area contributed by atoms with Crippen LogP contribution < -0.4 is 0 Å². The van der Waals surface area contributed by atoms with Crippen LogP contribution in [0, 0.1) is 12.7 Å². The van der Waals surface area contributed by atoms with Gasteiger partial charge in [-0.05, 0) is 56.7 Å². The van der Waals surface area contributed by atoms with Crippen molar-refractivity contribution in [3.63, 3.8) is 0 Å². The van der Waals surface area contributed by atoms with E-state index >= 15 is 0 Å². The Morgan fingerprint density at radius 1 is 1.07 bits per heavy atom. The smallest absolute Gasteiger partial charge is 0.266 e. The number of hydrogen-bond donors (Lipinski definition) is 0. The van der Waals surface area contributed by atoms with Gasteiger partial charge in [-0.25, -0.2) is 9.37 Å². The van der Waals surface area contributed by atoms with Gasteiger partial charge in [0.25, 0.3) is 0 Å². The Labute approximate surface area is 174 Å². The summed E-state index contributed by atoms with van der Waals surface area (Å²) in [6.07, 6.45) is -2.54. The lowest BCUT2D eigenvalue weighted by molar-refractivity contribution is -0.150. The summed E-state index contributed by atoms with van der Waals surface area (Å²) in [5, 5.41) is 0.751. The highest BCUT2D eigenvalue weighted by Crippen LogP contribution is 2.45. The van der Waals surface area contributed by atoms with Crippen LogP contribution >= 0.6 is 42.1 Å². The van der Waals surface area contributed by atoms with E-state index in [2.05, 4.69) is 26.2 Å². The van der Waals surface area contributed by atoms with Crippen molar-refractivity contribution >= 4 is 53.1 Å². The van der Waals surface area contributed by atoms with Crippen molar-refractivity contribution in [1.82, 2.24) is 8.96 Å². The molecule has 2 aromatic heterocycles. The molecule has 0 aliphatic heterocycles. The number of thioether (sulfide) groups is 1. The summed E-state index contributed by atoms with van der Waals surface area (Å²) in [7, 11) is 1.44. The molecule has 144 valence electrons. The minimum atomic E-state index is -4.37. The molecule has 2 nitrogen and oxygen atoms in total. The fraction of sp³-hybridized carbons (Fsp3) is 0.278. The number of hydrogen-bond acceptors (Lipinski definition) is 3. The molecule has 0 atom stereocenters. The fourth-order valence-corrected chi connectivity index (χ4v) is 4.90. The van der Waals surface area contributed by atoms with Crippen LogP contribution in [-0.2, 0) is 0 Å². The molecule has 3 aromatic rings. The molecule has 0 aliphatic rings. The maximum Gasteiger partial charge on any atom is 0.403 e. The SMILES string of the molecule is Cc1cc(-c2cc(SC(C)(C)C(F)(F)F)ccc2F)c2ccn(SI)c2n1. The van der Waals surface area contributed by atoms with Crippen molar-refractivity contribution in [2.45, 2.75) is 36.6 Å². The molecule has 0 spiro atoms. The van der Waals surface area contributed by atoms with Gasteiger partial charge in [0.1, 0.15) is 10.6 Å². The van der Waals surface area contributed by atoms with Crippen LogP contribution in [0.1, 0.15) is 19.5 Å². The van der Waals surface area contributed by atoms with E-state index in [9.17, 15) is 17.6 Å². The number of pyridine rings is 1. The predicted molar refractivity (Wildman–Crippen MR) is 113 cm³/mol. The maximum atomic E-state index is 14.6. The molecule has 1 aromatic carbocycles. The van der Waals surface area contributed by atoms with E-state index in [0.717, 1.165) is 19.2 Å². The molecule has 0 fully saturated rings. The minimum Gasteiger partial charge on any atom is -0.266 e. The third-order valence-electron chi connectivity index (χ3n) is 4.11. The van der Waals surface area contributed by atoms with E-state index in [-0.39, 0.29) is 5.56 Å². The van der Waals surface area contributed by atoms with Crippen molar-refractivity contribution < 1.29 is 17.6 Å². The second-order valence-electron chi connectivity index (χ2n) is 6.51. The average Bonchev–Trinajstić information content (AvgIpc) is 2.97. The van der Waals surface area contributed by atoms with Crippen LogP contribution in [0.4, 0.5) is 17.6 Å². The second-order valence-corrected chi connectivity index (χ2v) is 9.92. The van der Waals surface area contributed by atoms with Gasteiger partial charge >= 0.3 is 6.18 Å².